The molecule has 1 heterocycles. The number of fused-ring (bicyclic) bond motifs is 1. The molecular weight excluding hydrogens is 480 g/mol. The third kappa shape index (κ3) is 5.67. The lowest BCUT2D eigenvalue weighted by molar-refractivity contribution is -0.133. The van der Waals surface area contributed by atoms with Gasteiger partial charge in [0.1, 0.15) is 11.4 Å². The molecule has 0 bridgehead atoms. The fourth-order valence-corrected chi connectivity index (χ4v) is 3.81. The van der Waals surface area contributed by atoms with Crippen molar-refractivity contribution in [2.24, 2.45) is 0 Å². The number of amides is 3. The molecule has 0 aliphatic heterocycles. The number of aromatic nitrogens is 1. The first-order chi connectivity index (χ1) is 17.4. The van der Waals surface area contributed by atoms with Crippen LogP contribution in [0.4, 0.5) is 11.4 Å². The van der Waals surface area contributed by atoms with Crippen LogP contribution >= 0.6 is 11.6 Å². The summed E-state index contributed by atoms with van der Waals surface area (Å²) in [6.07, 6.45) is 0.883. The quantitative estimate of drug-likeness (QED) is 0.300. The van der Waals surface area contributed by atoms with Gasteiger partial charge in [0, 0.05) is 21.8 Å². The van der Waals surface area contributed by atoms with Crippen molar-refractivity contribution >= 4 is 51.6 Å². The number of carbonyl (C=O) groups is 3. The summed E-state index contributed by atoms with van der Waals surface area (Å²) in [7, 11) is 0. The van der Waals surface area contributed by atoms with E-state index in [0.29, 0.717) is 39.7 Å². The number of hydrogen-bond donors (Lipinski definition) is 3. The van der Waals surface area contributed by atoms with Crippen LogP contribution in [0.5, 0.6) is 5.75 Å². The van der Waals surface area contributed by atoms with Crippen LogP contribution in [0.15, 0.2) is 72.8 Å². The van der Waals surface area contributed by atoms with Crippen molar-refractivity contribution in [1.29, 1.82) is 0 Å². The summed E-state index contributed by atoms with van der Waals surface area (Å²) >= 11 is 6.13. The number of halogens is 1. The highest BCUT2D eigenvalue weighted by atomic mass is 35.5. The van der Waals surface area contributed by atoms with Gasteiger partial charge in [-0.1, -0.05) is 30.7 Å². The molecule has 36 heavy (non-hydrogen) atoms. The predicted octanol–water partition coefficient (Wildman–Crippen LogP) is 5.22. The molecule has 3 N–H and O–H groups in total. The van der Waals surface area contributed by atoms with E-state index in [2.05, 4.69) is 16.1 Å². The fraction of sp³-hybridized carbons (Fsp3) is 0.148. The minimum absolute atomic E-state index is 0.133. The van der Waals surface area contributed by atoms with Gasteiger partial charge in [0.25, 0.3) is 5.91 Å². The van der Waals surface area contributed by atoms with Gasteiger partial charge in [-0.3, -0.25) is 19.8 Å². The van der Waals surface area contributed by atoms with Crippen molar-refractivity contribution in [1.82, 2.24) is 4.68 Å². The summed E-state index contributed by atoms with van der Waals surface area (Å²) in [6, 6.07) is 20.7. The summed E-state index contributed by atoms with van der Waals surface area (Å²) < 4.78 is 6.66. The molecule has 4 rings (SSSR count). The maximum Gasteiger partial charge on any atom is 0.328 e. The summed E-state index contributed by atoms with van der Waals surface area (Å²) in [6.45, 7) is 4.44. The van der Waals surface area contributed by atoms with Crippen LogP contribution < -0.4 is 20.8 Å². The van der Waals surface area contributed by atoms with Gasteiger partial charge in [-0.05, 0) is 79.6 Å². The average Bonchev–Trinajstić information content (AvgIpc) is 3.23. The molecule has 0 atom stereocenters. The standard InChI is InChI=1S/C27H25ClN4O4/c1-3-17-5-8-20(9-6-17)29-25(33)24-16-18-15-19(28)7-14-23(18)32(24)31-27(35)26(34)30-21-10-12-22(13-11-21)36-4-2/h5-16H,3-4H2,1-2H3,(H,29,33)(H,30,34)(H,31,35). The summed E-state index contributed by atoms with van der Waals surface area (Å²) in [5, 5.41) is 6.46. The second kappa shape index (κ2) is 11.0. The predicted molar refractivity (Wildman–Crippen MR) is 141 cm³/mol. The number of aryl methyl sites for hydroxylation is 1. The Morgan fingerprint density at radius 1 is 0.833 bits per heavy atom. The molecule has 3 aromatic carbocycles. The highest BCUT2D eigenvalue weighted by Gasteiger charge is 2.21. The lowest BCUT2D eigenvalue weighted by atomic mass is 10.1. The lowest BCUT2D eigenvalue weighted by Crippen LogP contribution is -2.36. The van der Waals surface area contributed by atoms with Crippen molar-refractivity contribution in [2.45, 2.75) is 20.3 Å². The number of benzene rings is 3. The van der Waals surface area contributed by atoms with Crippen LogP contribution in [0.1, 0.15) is 29.9 Å². The molecule has 184 valence electrons. The van der Waals surface area contributed by atoms with Crippen molar-refractivity contribution in [3.8, 4) is 5.75 Å². The number of ether oxygens (including phenoxy) is 1. The van der Waals surface area contributed by atoms with Crippen molar-refractivity contribution in [3.05, 3.63) is 89.1 Å². The Bertz CT molecular complexity index is 1410. The largest absolute Gasteiger partial charge is 0.494 e. The van der Waals surface area contributed by atoms with Gasteiger partial charge in [-0.15, -0.1) is 0 Å². The van der Waals surface area contributed by atoms with Gasteiger partial charge in [0.05, 0.1) is 12.1 Å². The summed E-state index contributed by atoms with van der Waals surface area (Å²) in [5.41, 5.74) is 5.34. The molecule has 0 unspecified atom stereocenters. The molecule has 0 saturated heterocycles. The lowest BCUT2D eigenvalue weighted by Gasteiger charge is -2.13. The van der Waals surface area contributed by atoms with Crippen molar-refractivity contribution < 1.29 is 19.1 Å². The Kier molecular flexibility index (Phi) is 7.56. The Morgan fingerprint density at radius 2 is 1.50 bits per heavy atom. The maximum atomic E-state index is 13.1. The molecule has 0 spiro atoms. The molecule has 8 nitrogen and oxygen atoms in total. The first-order valence-corrected chi connectivity index (χ1v) is 11.8. The Labute approximate surface area is 213 Å². The maximum absolute atomic E-state index is 13.1. The normalized spacial score (nSPS) is 10.6. The zero-order valence-electron chi connectivity index (χ0n) is 19.8. The van der Waals surface area contributed by atoms with E-state index in [9.17, 15) is 14.4 Å². The summed E-state index contributed by atoms with van der Waals surface area (Å²) in [5.74, 6) is -1.65. The van der Waals surface area contributed by atoms with E-state index in [1.807, 2.05) is 38.1 Å². The Balaban J connectivity index is 1.56. The molecule has 4 aromatic rings. The van der Waals surface area contributed by atoms with Gasteiger partial charge in [0.15, 0.2) is 0 Å². The smallest absolute Gasteiger partial charge is 0.328 e. The van der Waals surface area contributed by atoms with Crippen molar-refractivity contribution in [2.75, 3.05) is 22.7 Å². The van der Waals surface area contributed by atoms with E-state index >= 15 is 0 Å². The number of nitrogens with zero attached hydrogens (tertiary/aromatic N) is 1. The number of rotatable bonds is 7. The van der Waals surface area contributed by atoms with E-state index in [-0.39, 0.29) is 5.69 Å². The topological polar surface area (TPSA) is 101 Å². The first kappa shape index (κ1) is 24.8. The van der Waals surface area contributed by atoms with E-state index in [1.165, 1.54) is 4.68 Å². The molecule has 0 aliphatic carbocycles. The third-order valence-corrected chi connectivity index (χ3v) is 5.69. The Hall–Kier alpha value is -4.30. The zero-order chi connectivity index (χ0) is 25.7. The van der Waals surface area contributed by atoms with E-state index in [0.717, 1.165) is 12.0 Å². The minimum atomic E-state index is -0.947. The second-order valence-electron chi connectivity index (χ2n) is 7.93. The van der Waals surface area contributed by atoms with Crippen LogP contribution in [-0.2, 0) is 16.0 Å². The number of carbonyl (C=O) groups excluding carboxylic acids is 3. The molecule has 0 fully saturated rings. The molecule has 0 radical (unpaired) electrons. The van der Waals surface area contributed by atoms with Crippen LogP contribution in [0.2, 0.25) is 5.02 Å². The SMILES string of the molecule is CCOc1ccc(NC(=O)C(=O)Nn2c(C(=O)Nc3ccc(CC)cc3)cc3cc(Cl)ccc32)cc1. The second-order valence-corrected chi connectivity index (χ2v) is 8.36. The highest BCUT2D eigenvalue weighted by molar-refractivity contribution is 6.42. The number of hydrogen-bond acceptors (Lipinski definition) is 4. The Morgan fingerprint density at radius 3 is 2.17 bits per heavy atom. The van der Waals surface area contributed by atoms with Crippen LogP contribution in [-0.4, -0.2) is 29.0 Å². The molecule has 1 aromatic heterocycles. The number of nitrogens with one attached hydrogen (secondary N) is 3. The highest BCUT2D eigenvalue weighted by Crippen LogP contribution is 2.24. The first-order valence-electron chi connectivity index (χ1n) is 11.4. The van der Waals surface area contributed by atoms with E-state index in [1.54, 1.807) is 48.5 Å². The van der Waals surface area contributed by atoms with Gasteiger partial charge < -0.3 is 15.4 Å². The minimum Gasteiger partial charge on any atom is -0.494 e. The monoisotopic (exact) mass is 504 g/mol. The van der Waals surface area contributed by atoms with E-state index < -0.39 is 17.7 Å². The third-order valence-electron chi connectivity index (χ3n) is 5.46. The molecular formula is C27H25ClN4O4. The van der Waals surface area contributed by atoms with Crippen LogP contribution in [0.25, 0.3) is 10.9 Å². The molecule has 3 amide bonds. The molecule has 0 aliphatic rings. The van der Waals surface area contributed by atoms with Crippen LogP contribution in [0, 0.1) is 0 Å². The van der Waals surface area contributed by atoms with Gasteiger partial charge in [0.2, 0.25) is 0 Å². The average molecular weight is 505 g/mol. The number of anilines is 2. The van der Waals surface area contributed by atoms with Gasteiger partial charge in [-0.2, -0.15) is 0 Å². The molecule has 9 heteroatoms. The van der Waals surface area contributed by atoms with E-state index in [4.69, 9.17) is 16.3 Å². The fourth-order valence-electron chi connectivity index (χ4n) is 3.63. The van der Waals surface area contributed by atoms with Crippen molar-refractivity contribution in [3.63, 3.8) is 0 Å². The summed E-state index contributed by atoms with van der Waals surface area (Å²) in [4.78, 5) is 38.5. The zero-order valence-corrected chi connectivity index (χ0v) is 20.6. The van der Waals surface area contributed by atoms with Gasteiger partial charge in [-0.25, -0.2) is 4.68 Å². The molecule has 0 saturated carbocycles. The van der Waals surface area contributed by atoms with Crippen LogP contribution in [0.3, 0.4) is 0 Å². The van der Waals surface area contributed by atoms with Gasteiger partial charge >= 0.3 is 11.8 Å².